The van der Waals surface area contributed by atoms with E-state index in [1.807, 2.05) is 25.1 Å². The number of anilines is 2. The van der Waals surface area contributed by atoms with Crippen LogP contribution in [0.2, 0.25) is 5.02 Å². The minimum absolute atomic E-state index is 0.141. The Balaban J connectivity index is 1.57. The first-order chi connectivity index (χ1) is 14.9. The third kappa shape index (κ3) is 2.29. The normalized spacial score (nSPS) is 31.4. The molecule has 0 radical (unpaired) electrons. The Morgan fingerprint density at radius 3 is 2.61 bits per heavy atom. The Morgan fingerprint density at radius 1 is 1.13 bits per heavy atom. The summed E-state index contributed by atoms with van der Waals surface area (Å²) in [4.78, 5) is 44.5. The molecular formula is C23H19BrClN3O3. The highest BCUT2D eigenvalue weighted by molar-refractivity contribution is 9.10. The molecule has 2 aromatic rings. The Bertz CT molecular complexity index is 1180. The van der Waals surface area contributed by atoms with Crippen LogP contribution in [0.5, 0.6) is 0 Å². The van der Waals surface area contributed by atoms with Crippen molar-refractivity contribution in [2.45, 2.75) is 31.3 Å². The van der Waals surface area contributed by atoms with Crippen LogP contribution in [0.1, 0.15) is 24.0 Å². The highest BCUT2D eigenvalue weighted by Crippen LogP contribution is 2.61. The third-order valence-corrected chi connectivity index (χ3v) is 8.10. The lowest BCUT2D eigenvalue weighted by molar-refractivity contribution is -0.135. The lowest BCUT2D eigenvalue weighted by atomic mass is 9.75. The molecule has 3 saturated heterocycles. The first-order valence-corrected chi connectivity index (χ1v) is 11.5. The zero-order valence-electron chi connectivity index (χ0n) is 16.7. The van der Waals surface area contributed by atoms with Crippen LogP contribution in [0.4, 0.5) is 11.4 Å². The quantitative estimate of drug-likeness (QED) is 0.604. The summed E-state index contributed by atoms with van der Waals surface area (Å²) >= 11 is 9.80. The summed E-state index contributed by atoms with van der Waals surface area (Å²) in [5.74, 6) is -2.08. The van der Waals surface area contributed by atoms with E-state index >= 15 is 0 Å². The third-order valence-electron chi connectivity index (χ3n) is 7.35. The molecule has 0 unspecified atom stereocenters. The van der Waals surface area contributed by atoms with Gasteiger partial charge in [-0.3, -0.25) is 19.3 Å². The number of nitrogens with one attached hydrogen (secondary N) is 1. The van der Waals surface area contributed by atoms with Crippen molar-refractivity contribution in [3.05, 3.63) is 57.0 Å². The number of benzene rings is 2. The molecule has 4 aliphatic rings. The monoisotopic (exact) mass is 499 g/mol. The number of carbonyl (C=O) groups excluding carboxylic acids is 3. The fourth-order valence-corrected chi connectivity index (χ4v) is 6.82. The van der Waals surface area contributed by atoms with Crippen molar-refractivity contribution in [2.75, 3.05) is 16.8 Å². The molecule has 31 heavy (non-hydrogen) atoms. The summed E-state index contributed by atoms with van der Waals surface area (Å²) < 4.78 is 0.864. The van der Waals surface area contributed by atoms with Crippen LogP contribution in [-0.4, -0.2) is 35.2 Å². The molecule has 6 nitrogen and oxygen atoms in total. The van der Waals surface area contributed by atoms with Gasteiger partial charge in [0, 0.05) is 26.8 Å². The van der Waals surface area contributed by atoms with Crippen LogP contribution in [0, 0.1) is 18.8 Å². The van der Waals surface area contributed by atoms with Crippen LogP contribution in [-0.2, 0) is 19.9 Å². The molecule has 0 aromatic heterocycles. The molecule has 1 N–H and O–H groups in total. The summed E-state index contributed by atoms with van der Waals surface area (Å²) in [6.45, 7) is 2.57. The first-order valence-electron chi connectivity index (χ1n) is 10.4. The minimum atomic E-state index is -1.20. The van der Waals surface area contributed by atoms with Crippen molar-refractivity contribution in [3.63, 3.8) is 0 Å². The largest absolute Gasteiger partial charge is 0.324 e. The predicted octanol–water partition coefficient (Wildman–Crippen LogP) is 3.84. The Labute approximate surface area is 192 Å². The molecule has 3 fully saturated rings. The summed E-state index contributed by atoms with van der Waals surface area (Å²) in [7, 11) is 0. The molecule has 1 spiro atoms. The summed E-state index contributed by atoms with van der Waals surface area (Å²) in [6, 6.07) is 10.6. The molecule has 8 heteroatoms. The molecule has 2 aromatic carbocycles. The highest BCUT2D eigenvalue weighted by atomic mass is 79.9. The molecule has 0 saturated carbocycles. The van der Waals surface area contributed by atoms with Crippen molar-refractivity contribution >= 4 is 56.6 Å². The van der Waals surface area contributed by atoms with E-state index in [1.165, 1.54) is 4.90 Å². The number of hydrogen-bond acceptors (Lipinski definition) is 4. The molecule has 3 amide bonds. The standard InChI is InChI=1S/C23H19BrClN3O3/c1-11-9-13(25)10-15-19(11)26-22(31)23(15)18-17(16-3-2-8-27(16)23)20(29)28(21(18)30)14-6-4-12(24)5-7-14/h4-7,9-10,16-18H,2-3,8H2,1H3,(H,26,31)/t16-,17+,18+,23+/m1/s1. The average molecular weight is 501 g/mol. The number of hydrogen-bond donors (Lipinski definition) is 1. The van der Waals surface area contributed by atoms with Crippen LogP contribution in [0.15, 0.2) is 40.9 Å². The number of nitrogens with zero attached hydrogens (tertiary/aromatic N) is 2. The van der Waals surface area contributed by atoms with Gasteiger partial charge in [0.15, 0.2) is 0 Å². The zero-order chi connectivity index (χ0) is 21.7. The SMILES string of the molecule is Cc1cc(Cl)cc2c1NC(=O)[C@@]21[C@@H]2C(=O)N(c3ccc(Br)cc3)C(=O)[C@H]2[C@H]2CCCN21. The highest BCUT2D eigenvalue weighted by Gasteiger charge is 2.74. The van der Waals surface area contributed by atoms with E-state index in [1.54, 1.807) is 18.2 Å². The molecule has 4 atom stereocenters. The van der Waals surface area contributed by atoms with Crippen molar-refractivity contribution in [3.8, 4) is 0 Å². The van der Waals surface area contributed by atoms with Gasteiger partial charge in [0.2, 0.25) is 17.7 Å². The molecule has 0 aliphatic carbocycles. The van der Waals surface area contributed by atoms with Crippen LogP contribution >= 0.6 is 27.5 Å². The van der Waals surface area contributed by atoms with Gasteiger partial charge in [-0.2, -0.15) is 0 Å². The van der Waals surface area contributed by atoms with E-state index in [0.717, 1.165) is 28.4 Å². The lowest BCUT2D eigenvalue weighted by Gasteiger charge is -2.36. The fraction of sp³-hybridized carbons (Fsp3) is 0.348. The Morgan fingerprint density at radius 2 is 1.87 bits per heavy atom. The lowest BCUT2D eigenvalue weighted by Crippen LogP contribution is -2.54. The van der Waals surface area contributed by atoms with E-state index in [-0.39, 0.29) is 23.8 Å². The van der Waals surface area contributed by atoms with Gasteiger partial charge in [0.05, 0.1) is 17.5 Å². The van der Waals surface area contributed by atoms with E-state index in [4.69, 9.17) is 11.6 Å². The van der Waals surface area contributed by atoms with Gasteiger partial charge in [0.1, 0.15) is 5.54 Å². The van der Waals surface area contributed by atoms with Gasteiger partial charge >= 0.3 is 0 Å². The zero-order valence-corrected chi connectivity index (χ0v) is 19.0. The van der Waals surface area contributed by atoms with Crippen molar-refractivity contribution in [2.24, 2.45) is 11.8 Å². The molecule has 4 aliphatic heterocycles. The number of amides is 3. The summed E-state index contributed by atoms with van der Waals surface area (Å²) in [5, 5.41) is 3.54. The van der Waals surface area contributed by atoms with E-state index < -0.39 is 17.4 Å². The second kappa shape index (κ2) is 6.40. The number of carbonyl (C=O) groups is 3. The van der Waals surface area contributed by atoms with Crippen LogP contribution in [0.25, 0.3) is 0 Å². The van der Waals surface area contributed by atoms with Crippen molar-refractivity contribution in [1.29, 1.82) is 0 Å². The van der Waals surface area contributed by atoms with Gasteiger partial charge in [-0.1, -0.05) is 27.5 Å². The van der Waals surface area contributed by atoms with Gasteiger partial charge in [0.25, 0.3) is 0 Å². The molecule has 6 rings (SSSR count). The maximum Gasteiger partial charge on any atom is 0.250 e. The number of halogens is 2. The van der Waals surface area contributed by atoms with Crippen molar-refractivity contribution in [1.82, 2.24) is 4.90 Å². The number of imide groups is 1. The van der Waals surface area contributed by atoms with Crippen molar-refractivity contribution < 1.29 is 14.4 Å². The molecule has 0 bridgehead atoms. The maximum absolute atomic E-state index is 13.9. The second-order valence-electron chi connectivity index (χ2n) is 8.76. The number of rotatable bonds is 1. The fourth-order valence-electron chi connectivity index (χ4n) is 6.28. The van der Waals surface area contributed by atoms with E-state index in [0.29, 0.717) is 22.9 Å². The molecule has 158 valence electrons. The molecule has 4 heterocycles. The minimum Gasteiger partial charge on any atom is -0.324 e. The Kier molecular flexibility index (Phi) is 4.02. The summed E-state index contributed by atoms with van der Waals surface area (Å²) in [5.41, 5.74) is 1.62. The van der Waals surface area contributed by atoms with Gasteiger partial charge < -0.3 is 5.32 Å². The first kappa shape index (κ1) is 19.5. The Hall–Kier alpha value is -2.22. The molecular weight excluding hydrogens is 482 g/mol. The second-order valence-corrected chi connectivity index (χ2v) is 10.1. The van der Waals surface area contributed by atoms with Gasteiger partial charge in [-0.25, -0.2) is 4.90 Å². The average Bonchev–Trinajstić information content (AvgIpc) is 3.42. The van der Waals surface area contributed by atoms with Gasteiger partial charge in [-0.05, 0) is 68.3 Å². The van der Waals surface area contributed by atoms with Crippen LogP contribution < -0.4 is 10.2 Å². The van der Waals surface area contributed by atoms with E-state index in [2.05, 4.69) is 26.1 Å². The number of aryl methyl sites for hydroxylation is 1. The predicted molar refractivity (Wildman–Crippen MR) is 120 cm³/mol. The summed E-state index contributed by atoms with van der Waals surface area (Å²) in [6.07, 6.45) is 1.68. The van der Waals surface area contributed by atoms with Crippen LogP contribution in [0.3, 0.4) is 0 Å². The maximum atomic E-state index is 13.9. The van der Waals surface area contributed by atoms with E-state index in [9.17, 15) is 14.4 Å². The topological polar surface area (TPSA) is 69.7 Å². The smallest absolute Gasteiger partial charge is 0.250 e. The number of fused-ring (bicyclic) bond motifs is 7. The van der Waals surface area contributed by atoms with Gasteiger partial charge in [-0.15, -0.1) is 0 Å².